The molecular weight excluding hydrogens is 434 g/mol. The van der Waals surface area contributed by atoms with Crippen molar-refractivity contribution in [1.82, 2.24) is 25.4 Å². The van der Waals surface area contributed by atoms with Crippen molar-refractivity contribution in [3.63, 3.8) is 0 Å². The van der Waals surface area contributed by atoms with Crippen molar-refractivity contribution in [3.05, 3.63) is 71.9 Å². The molecule has 0 bridgehead atoms. The Hall–Kier alpha value is -3.85. The first kappa shape index (κ1) is 23.3. The molecule has 34 heavy (non-hydrogen) atoms. The summed E-state index contributed by atoms with van der Waals surface area (Å²) < 4.78 is 0. The van der Waals surface area contributed by atoms with Crippen LogP contribution in [0.5, 0.6) is 0 Å². The summed E-state index contributed by atoms with van der Waals surface area (Å²) in [5, 5.41) is 15.5. The van der Waals surface area contributed by atoms with E-state index in [0.29, 0.717) is 38.3 Å². The van der Waals surface area contributed by atoms with Gasteiger partial charge in [0.25, 0.3) is 5.91 Å². The fourth-order valence-electron chi connectivity index (χ4n) is 4.07. The van der Waals surface area contributed by atoms with Crippen molar-refractivity contribution in [2.24, 2.45) is 0 Å². The lowest BCUT2D eigenvalue weighted by atomic mass is 10.1. The smallest absolute Gasteiger partial charge is 0.318 e. The number of benzene rings is 2. The van der Waals surface area contributed by atoms with E-state index < -0.39 is 6.04 Å². The van der Waals surface area contributed by atoms with Crippen molar-refractivity contribution < 1.29 is 19.5 Å². The van der Waals surface area contributed by atoms with Gasteiger partial charge in [0.1, 0.15) is 11.7 Å². The second-order valence-electron chi connectivity index (χ2n) is 8.26. The lowest BCUT2D eigenvalue weighted by Crippen LogP contribution is -2.57. The van der Waals surface area contributed by atoms with Gasteiger partial charge < -0.3 is 30.5 Å². The molecule has 0 aliphatic carbocycles. The Balaban J connectivity index is 1.35. The van der Waals surface area contributed by atoms with Gasteiger partial charge in [0.15, 0.2) is 0 Å². The first-order valence-electron chi connectivity index (χ1n) is 11.4. The summed E-state index contributed by atoms with van der Waals surface area (Å²) in [6.07, 6.45) is 0.336. The van der Waals surface area contributed by atoms with Crippen molar-refractivity contribution in [2.45, 2.75) is 12.5 Å². The van der Waals surface area contributed by atoms with Gasteiger partial charge >= 0.3 is 6.03 Å². The number of urea groups is 1. The fraction of sp³-hybridized carbons (Fsp3) is 0.320. The van der Waals surface area contributed by atoms with Crippen LogP contribution in [0.3, 0.4) is 0 Å². The van der Waals surface area contributed by atoms with Gasteiger partial charge in [-0.25, -0.2) is 4.79 Å². The number of hydrogen-bond acceptors (Lipinski definition) is 4. The zero-order valence-electron chi connectivity index (χ0n) is 18.9. The van der Waals surface area contributed by atoms with E-state index in [1.54, 1.807) is 9.80 Å². The van der Waals surface area contributed by atoms with Crippen LogP contribution in [0.25, 0.3) is 10.9 Å². The molecule has 178 valence electrons. The number of aliphatic hydroxyl groups excluding tert-OH is 1. The highest BCUT2D eigenvalue weighted by molar-refractivity contribution is 5.98. The summed E-state index contributed by atoms with van der Waals surface area (Å²) in [6.45, 7) is 1.49. The third kappa shape index (κ3) is 5.55. The number of aromatic nitrogens is 1. The van der Waals surface area contributed by atoms with Crippen molar-refractivity contribution in [1.29, 1.82) is 0 Å². The number of fused-ring (bicyclic) bond motifs is 1. The highest BCUT2D eigenvalue weighted by Crippen LogP contribution is 2.17. The highest BCUT2D eigenvalue weighted by Gasteiger charge is 2.28. The topological polar surface area (TPSA) is 118 Å². The van der Waals surface area contributed by atoms with Crippen LogP contribution in [0.1, 0.15) is 16.1 Å². The predicted molar refractivity (Wildman–Crippen MR) is 128 cm³/mol. The minimum atomic E-state index is -0.771. The number of nitrogens with zero attached hydrogens (tertiary/aromatic N) is 2. The van der Waals surface area contributed by atoms with E-state index in [9.17, 15) is 14.4 Å². The first-order chi connectivity index (χ1) is 16.5. The summed E-state index contributed by atoms with van der Waals surface area (Å²) in [5.41, 5.74) is 2.36. The molecule has 9 nitrogen and oxygen atoms in total. The molecular formula is C25H29N5O4. The molecule has 1 atom stereocenters. The number of piperazine rings is 1. The third-order valence-corrected chi connectivity index (χ3v) is 5.92. The van der Waals surface area contributed by atoms with Crippen LogP contribution in [0.2, 0.25) is 0 Å². The number of nitrogens with one attached hydrogen (secondary N) is 3. The molecule has 0 unspecified atom stereocenters. The number of carbonyl (C=O) groups is 3. The number of rotatable bonds is 7. The first-order valence-corrected chi connectivity index (χ1v) is 11.4. The number of H-pyrrole nitrogens is 1. The van der Waals surface area contributed by atoms with Gasteiger partial charge in [-0.15, -0.1) is 0 Å². The molecule has 4 N–H and O–H groups in total. The van der Waals surface area contributed by atoms with Crippen LogP contribution in [0, 0.1) is 0 Å². The second-order valence-corrected chi connectivity index (χ2v) is 8.26. The van der Waals surface area contributed by atoms with Gasteiger partial charge in [-0.1, -0.05) is 48.5 Å². The molecule has 0 radical (unpaired) electrons. The van der Waals surface area contributed by atoms with E-state index in [1.807, 2.05) is 60.7 Å². The predicted octanol–water partition coefficient (Wildman–Crippen LogP) is 1.36. The molecule has 4 rings (SSSR count). The number of amides is 4. The Morgan fingerprint density at radius 3 is 2.32 bits per heavy atom. The van der Waals surface area contributed by atoms with Crippen LogP contribution < -0.4 is 10.6 Å². The monoisotopic (exact) mass is 463 g/mol. The van der Waals surface area contributed by atoms with Gasteiger partial charge in [-0.2, -0.15) is 0 Å². The molecule has 0 spiro atoms. The Labute approximate surface area is 197 Å². The number of aliphatic hydroxyl groups is 1. The maximum atomic E-state index is 12.9. The second kappa shape index (κ2) is 10.8. The molecule has 9 heteroatoms. The van der Waals surface area contributed by atoms with E-state index in [4.69, 9.17) is 5.11 Å². The van der Waals surface area contributed by atoms with Crippen LogP contribution in [-0.4, -0.2) is 83.1 Å². The molecule has 1 aromatic heterocycles. The van der Waals surface area contributed by atoms with Crippen molar-refractivity contribution in [3.8, 4) is 0 Å². The number of carbonyl (C=O) groups excluding carboxylic acids is 3. The average molecular weight is 464 g/mol. The minimum absolute atomic E-state index is 0.0957. The number of para-hydroxylation sites is 1. The quantitative estimate of drug-likeness (QED) is 0.423. The van der Waals surface area contributed by atoms with Gasteiger partial charge in [0.2, 0.25) is 5.91 Å². The Morgan fingerprint density at radius 1 is 0.941 bits per heavy atom. The largest absolute Gasteiger partial charge is 0.395 e. The van der Waals surface area contributed by atoms with Crippen LogP contribution >= 0.6 is 0 Å². The van der Waals surface area contributed by atoms with E-state index in [2.05, 4.69) is 15.6 Å². The third-order valence-electron chi connectivity index (χ3n) is 5.92. The zero-order valence-corrected chi connectivity index (χ0v) is 18.9. The maximum absolute atomic E-state index is 12.9. The SMILES string of the molecule is O=C(NCCO)[C@H](Cc1ccccc1)NC(=O)N1CCN(C(=O)c2cc3ccccc3[nH]2)CC1. The van der Waals surface area contributed by atoms with Crippen molar-refractivity contribution in [2.75, 3.05) is 39.3 Å². The van der Waals surface area contributed by atoms with Crippen LogP contribution in [0.4, 0.5) is 4.79 Å². The summed E-state index contributed by atoms with van der Waals surface area (Å²) in [7, 11) is 0. The molecule has 1 aliphatic heterocycles. The molecule has 2 heterocycles. The van der Waals surface area contributed by atoms with Gasteiger partial charge in [-0.05, 0) is 17.7 Å². The summed E-state index contributed by atoms with van der Waals surface area (Å²) in [6, 6.07) is 17.9. The van der Waals surface area contributed by atoms with Gasteiger partial charge in [-0.3, -0.25) is 9.59 Å². The zero-order chi connectivity index (χ0) is 23.9. The Kier molecular flexibility index (Phi) is 7.44. The Morgan fingerprint density at radius 2 is 1.62 bits per heavy atom. The van der Waals surface area contributed by atoms with Crippen LogP contribution in [-0.2, 0) is 11.2 Å². The maximum Gasteiger partial charge on any atom is 0.318 e. The normalized spacial score (nSPS) is 14.6. The number of aromatic amines is 1. The molecule has 3 aromatic rings. The van der Waals surface area contributed by atoms with Crippen LogP contribution in [0.15, 0.2) is 60.7 Å². The van der Waals surface area contributed by atoms with E-state index in [-0.39, 0.29) is 31.0 Å². The van der Waals surface area contributed by atoms with Gasteiger partial charge in [0, 0.05) is 50.0 Å². The summed E-state index contributed by atoms with van der Waals surface area (Å²) in [5.74, 6) is -0.444. The molecule has 1 aliphatic rings. The number of hydrogen-bond donors (Lipinski definition) is 4. The fourth-order valence-corrected chi connectivity index (χ4v) is 4.07. The molecule has 2 aromatic carbocycles. The molecule has 1 fully saturated rings. The van der Waals surface area contributed by atoms with Gasteiger partial charge in [0.05, 0.1) is 6.61 Å². The van der Waals surface area contributed by atoms with E-state index in [1.165, 1.54) is 0 Å². The standard InChI is InChI=1S/C25H29N5O4/c31-15-10-26-23(32)21(16-18-6-2-1-3-7-18)28-25(34)30-13-11-29(12-14-30)24(33)22-17-19-8-4-5-9-20(19)27-22/h1-9,17,21,27,31H,10-16H2,(H,26,32)(H,28,34)/t21-/m0/s1. The van der Waals surface area contributed by atoms with E-state index >= 15 is 0 Å². The molecule has 1 saturated heterocycles. The summed E-state index contributed by atoms with van der Waals surface area (Å²) in [4.78, 5) is 44.9. The lowest BCUT2D eigenvalue weighted by molar-refractivity contribution is -0.123. The highest BCUT2D eigenvalue weighted by atomic mass is 16.3. The molecule has 0 saturated carbocycles. The summed E-state index contributed by atoms with van der Waals surface area (Å²) >= 11 is 0. The van der Waals surface area contributed by atoms with Crippen molar-refractivity contribution >= 4 is 28.7 Å². The average Bonchev–Trinajstić information content (AvgIpc) is 3.31. The minimum Gasteiger partial charge on any atom is -0.395 e. The Bertz CT molecular complexity index is 1110. The molecule has 4 amide bonds. The van der Waals surface area contributed by atoms with E-state index in [0.717, 1.165) is 16.5 Å². The lowest BCUT2D eigenvalue weighted by Gasteiger charge is -2.35.